The Balaban J connectivity index is 2.45. The van der Waals surface area contributed by atoms with Crippen LogP contribution in [-0.4, -0.2) is 6.26 Å². The summed E-state index contributed by atoms with van der Waals surface area (Å²) in [5, 5.41) is 9.95. The van der Waals surface area contributed by atoms with Crippen LogP contribution in [0.5, 0.6) is 0 Å². The molecule has 19 heavy (non-hydrogen) atoms. The van der Waals surface area contributed by atoms with Crippen LogP contribution in [0.25, 0.3) is 21.9 Å². The summed E-state index contributed by atoms with van der Waals surface area (Å²) in [5.41, 5.74) is 1.42. The highest BCUT2D eigenvalue weighted by Crippen LogP contribution is 2.23. The normalized spacial score (nSPS) is 10.7. The third kappa shape index (κ3) is 1.88. The molecular weight excluding hydrogens is 258 g/mol. The summed E-state index contributed by atoms with van der Waals surface area (Å²) < 4.78 is 5.71. The van der Waals surface area contributed by atoms with Crippen LogP contribution in [0.1, 0.15) is 5.56 Å². The van der Waals surface area contributed by atoms with Crippen LogP contribution in [0.15, 0.2) is 50.5 Å². The van der Waals surface area contributed by atoms with Gasteiger partial charge in [-0.05, 0) is 42.7 Å². The van der Waals surface area contributed by atoms with Gasteiger partial charge in [0.05, 0.1) is 22.4 Å². The Bertz CT molecular complexity index is 890. The zero-order chi connectivity index (χ0) is 13.4. The summed E-state index contributed by atoms with van der Waals surface area (Å²) in [6.45, 7) is 0. The Kier molecular flexibility index (Phi) is 2.77. The first-order chi connectivity index (χ1) is 9.22. The van der Waals surface area contributed by atoms with Crippen LogP contribution in [0.2, 0.25) is 0 Å². The number of nitriles is 1. The summed E-state index contributed by atoms with van der Waals surface area (Å²) >= 11 is 1.58. The molecule has 0 amide bonds. The van der Waals surface area contributed by atoms with Crippen molar-refractivity contribution in [2.75, 3.05) is 6.26 Å². The van der Waals surface area contributed by atoms with Gasteiger partial charge in [-0.2, -0.15) is 5.26 Å². The van der Waals surface area contributed by atoms with Crippen LogP contribution >= 0.6 is 11.8 Å². The standard InChI is InChI=1S/C15H9NO2S/c1-19-10-3-5-13-12(7-10)15(17)11-4-2-9(8-16)6-14(11)18-13/h2-7H,1H3. The van der Waals surface area contributed by atoms with E-state index < -0.39 is 0 Å². The Morgan fingerprint density at radius 3 is 2.68 bits per heavy atom. The van der Waals surface area contributed by atoms with Crippen molar-refractivity contribution in [3.8, 4) is 6.07 Å². The first kappa shape index (κ1) is 11.8. The van der Waals surface area contributed by atoms with Crippen molar-refractivity contribution >= 4 is 33.7 Å². The lowest BCUT2D eigenvalue weighted by Crippen LogP contribution is -2.02. The van der Waals surface area contributed by atoms with E-state index in [1.807, 2.05) is 24.5 Å². The van der Waals surface area contributed by atoms with Crippen molar-refractivity contribution < 1.29 is 4.42 Å². The predicted molar refractivity (Wildman–Crippen MR) is 76.5 cm³/mol. The second-order valence-corrected chi connectivity index (χ2v) is 5.00. The highest BCUT2D eigenvalue weighted by Gasteiger charge is 2.08. The van der Waals surface area contributed by atoms with Crippen molar-refractivity contribution in [1.82, 2.24) is 0 Å². The summed E-state index contributed by atoms with van der Waals surface area (Å²) in [7, 11) is 0. The fourth-order valence-electron chi connectivity index (χ4n) is 2.03. The Labute approximate surface area is 113 Å². The minimum absolute atomic E-state index is 0.0587. The van der Waals surface area contributed by atoms with Gasteiger partial charge >= 0.3 is 0 Å². The van der Waals surface area contributed by atoms with E-state index in [2.05, 4.69) is 0 Å². The van der Waals surface area contributed by atoms with Gasteiger partial charge in [-0.15, -0.1) is 11.8 Å². The minimum Gasteiger partial charge on any atom is -0.456 e. The highest BCUT2D eigenvalue weighted by molar-refractivity contribution is 7.98. The van der Waals surface area contributed by atoms with E-state index in [0.717, 1.165) is 4.90 Å². The minimum atomic E-state index is -0.0587. The third-order valence-electron chi connectivity index (χ3n) is 3.01. The number of thioether (sulfide) groups is 1. The van der Waals surface area contributed by atoms with E-state index in [1.165, 1.54) is 0 Å². The second-order valence-electron chi connectivity index (χ2n) is 4.12. The van der Waals surface area contributed by atoms with Crippen molar-refractivity contribution in [3.63, 3.8) is 0 Å². The maximum absolute atomic E-state index is 12.4. The molecule has 0 spiro atoms. The average Bonchev–Trinajstić information content (AvgIpc) is 2.46. The van der Waals surface area contributed by atoms with Crippen LogP contribution < -0.4 is 5.43 Å². The molecule has 0 N–H and O–H groups in total. The van der Waals surface area contributed by atoms with E-state index in [1.54, 1.807) is 36.0 Å². The molecule has 1 aromatic heterocycles. The number of fused-ring (bicyclic) bond motifs is 2. The molecule has 0 aliphatic carbocycles. The van der Waals surface area contributed by atoms with Crippen LogP contribution in [0.3, 0.4) is 0 Å². The molecule has 2 aromatic carbocycles. The highest BCUT2D eigenvalue weighted by atomic mass is 32.2. The number of nitrogens with zero attached hydrogens (tertiary/aromatic N) is 1. The lowest BCUT2D eigenvalue weighted by atomic mass is 10.1. The molecule has 0 bridgehead atoms. The molecule has 92 valence electrons. The number of hydrogen-bond donors (Lipinski definition) is 0. The molecule has 0 fully saturated rings. The smallest absolute Gasteiger partial charge is 0.200 e. The SMILES string of the molecule is CSc1ccc2oc3cc(C#N)ccc3c(=O)c2c1. The first-order valence-corrected chi connectivity index (χ1v) is 6.90. The monoisotopic (exact) mass is 267 g/mol. The van der Waals surface area contributed by atoms with Gasteiger partial charge in [-0.1, -0.05) is 0 Å². The Hall–Kier alpha value is -2.25. The lowest BCUT2D eigenvalue weighted by molar-refractivity contribution is 0.659. The summed E-state index contributed by atoms with van der Waals surface area (Å²) in [6, 6.07) is 12.4. The molecule has 1 heterocycles. The molecule has 4 heteroatoms. The van der Waals surface area contributed by atoms with Gasteiger partial charge in [0.15, 0.2) is 0 Å². The largest absolute Gasteiger partial charge is 0.456 e. The van der Waals surface area contributed by atoms with Crippen molar-refractivity contribution in [3.05, 3.63) is 52.2 Å². The topological polar surface area (TPSA) is 54.0 Å². The Morgan fingerprint density at radius 1 is 1.11 bits per heavy atom. The molecule has 0 unspecified atom stereocenters. The van der Waals surface area contributed by atoms with Crippen molar-refractivity contribution in [2.24, 2.45) is 0 Å². The fraction of sp³-hybridized carbons (Fsp3) is 0.0667. The zero-order valence-corrected chi connectivity index (χ0v) is 11.0. The van der Waals surface area contributed by atoms with E-state index >= 15 is 0 Å². The van der Waals surface area contributed by atoms with Crippen molar-refractivity contribution in [2.45, 2.75) is 4.90 Å². The summed E-state index contributed by atoms with van der Waals surface area (Å²) in [6.07, 6.45) is 1.96. The van der Waals surface area contributed by atoms with Gasteiger partial charge in [0.1, 0.15) is 11.2 Å². The molecule has 0 aliphatic heterocycles. The van der Waals surface area contributed by atoms with Gasteiger partial charge < -0.3 is 4.42 Å². The van der Waals surface area contributed by atoms with Crippen LogP contribution in [0, 0.1) is 11.3 Å². The molecule has 3 aromatic rings. The van der Waals surface area contributed by atoms with E-state index in [4.69, 9.17) is 9.68 Å². The van der Waals surface area contributed by atoms with Crippen LogP contribution in [-0.2, 0) is 0 Å². The molecule has 0 aliphatic rings. The molecule has 0 radical (unpaired) electrons. The third-order valence-corrected chi connectivity index (χ3v) is 3.73. The van der Waals surface area contributed by atoms with Gasteiger partial charge in [-0.25, -0.2) is 0 Å². The molecular formula is C15H9NO2S. The second kappa shape index (κ2) is 4.45. The fourth-order valence-corrected chi connectivity index (χ4v) is 2.47. The maximum atomic E-state index is 12.4. The lowest BCUT2D eigenvalue weighted by Gasteiger charge is -2.03. The van der Waals surface area contributed by atoms with Gasteiger partial charge in [0.2, 0.25) is 5.43 Å². The van der Waals surface area contributed by atoms with E-state index in [9.17, 15) is 4.79 Å². The van der Waals surface area contributed by atoms with Crippen molar-refractivity contribution in [1.29, 1.82) is 5.26 Å². The average molecular weight is 267 g/mol. The summed E-state index contributed by atoms with van der Waals surface area (Å²) in [5.74, 6) is 0. The van der Waals surface area contributed by atoms with Crippen LogP contribution in [0.4, 0.5) is 0 Å². The molecule has 3 nitrogen and oxygen atoms in total. The number of rotatable bonds is 1. The van der Waals surface area contributed by atoms with E-state index in [0.29, 0.717) is 27.5 Å². The van der Waals surface area contributed by atoms with Gasteiger partial charge in [0, 0.05) is 4.90 Å². The maximum Gasteiger partial charge on any atom is 0.200 e. The summed E-state index contributed by atoms with van der Waals surface area (Å²) in [4.78, 5) is 13.4. The molecule has 0 saturated heterocycles. The Morgan fingerprint density at radius 2 is 1.95 bits per heavy atom. The van der Waals surface area contributed by atoms with Gasteiger partial charge in [-0.3, -0.25) is 4.79 Å². The number of hydrogen-bond acceptors (Lipinski definition) is 4. The van der Waals surface area contributed by atoms with E-state index in [-0.39, 0.29) is 5.43 Å². The quantitative estimate of drug-likeness (QED) is 0.500. The van der Waals surface area contributed by atoms with Gasteiger partial charge in [0.25, 0.3) is 0 Å². The zero-order valence-electron chi connectivity index (χ0n) is 10.1. The number of benzene rings is 2. The predicted octanol–water partition coefficient (Wildman–Crippen LogP) is 3.54. The first-order valence-electron chi connectivity index (χ1n) is 5.67. The molecule has 0 saturated carbocycles. The molecule has 3 rings (SSSR count). The molecule has 0 atom stereocenters.